The molecule has 5 nitrogen and oxygen atoms in total. The molecule has 0 aromatic heterocycles. The zero-order valence-electron chi connectivity index (χ0n) is 15.1. The Labute approximate surface area is 156 Å². The molecule has 0 radical (unpaired) electrons. The first-order chi connectivity index (χ1) is 13.0. The van der Waals surface area contributed by atoms with Gasteiger partial charge in [-0.15, -0.1) is 0 Å². The lowest BCUT2D eigenvalue weighted by Crippen LogP contribution is -2.21. The van der Waals surface area contributed by atoms with Gasteiger partial charge in [0.15, 0.2) is 11.5 Å². The van der Waals surface area contributed by atoms with Gasteiger partial charge in [-0.1, -0.05) is 30.3 Å². The first kappa shape index (κ1) is 20.4. The second kappa shape index (κ2) is 10.3. The molecule has 0 spiro atoms. The summed E-state index contributed by atoms with van der Waals surface area (Å²) < 4.78 is 39.2. The van der Waals surface area contributed by atoms with Crippen LogP contribution < -0.4 is 14.8 Å². The summed E-state index contributed by atoms with van der Waals surface area (Å²) in [6.45, 7) is -2.10. The largest absolute Gasteiger partial charge is 0.493 e. The monoisotopic (exact) mass is 377 g/mol. The van der Waals surface area contributed by atoms with Gasteiger partial charge in [-0.25, -0.2) is 0 Å². The molecular formula is C20H21F2NO4. The van der Waals surface area contributed by atoms with E-state index in [1.54, 1.807) is 19.3 Å². The van der Waals surface area contributed by atoms with Crippen LogP contribution in [-0.4, -0.2) is 26.7 Å². The van der Waals surface area contributed by atoms with Crippen molar-refractivity contribution in [2.24, 2.45) is 0 Å². The summed E-state index contributed by atoms with van der Waals surface area (Å²) in [7, 11) is 2.97. The van der Waals surface area contributed by atoms with Gasteiger partial charge in [-0.3, -0.25) is 4.79 Å². The van der Waals surface area contributed by atoms with Gasteiger partial charge in [-0.2, -0.15) is 8.78 Å². The number of nitrogens with one attached hydrogen (secondary N) is 1. The van der Waals surface area contributed by atoms with E-state index in [1.165, 1.54) is 25.3 Å². The summed E-state index contributed by atoms with van der Waals surface area (Å²) in [5.74, 6) is -0.190. The molecule has 0 bridgehead atoms. The van der Waals surface area contributed by atoms with Crippen LogP contribution in [0.3, 0.4) is 0 Å². The maximum Gasteiger partial charge on any atom is 0.387 e. The molecule has 7 heteroatoms. The molecule has 2 aromatic carbocycles. The quantitative estimate of drug-likeness (QED) is 0.676. The summed E-state index contributed by atoms with van der Waals surface area (Å²) in [4.78, 5) is 12.0. The second-order valence-corrected chi connectivity index (χ2v) is 5.54. The van der Waals surface area contributed by atoms with Crippen LogP contribution in [0.1, 0.15) is 16.7 Å². The molecule has 2 rings (SSSR count). The number of carbonyl (C=O) groups is 1. The van der Waals surface area contributed by atoms with E-state index in [2.05, 4.69) is 10.1 Å². The lowest BCUT2D eigenvalue weighted by molar-refractivity contribution is -0.116. The van der Waals surface area contributed by atoms with Crippen LogP contribution >= 0.6 is 0 Å². The van der Waals surface area contributed by atoms with E-state index < -0.39 is 6.61 Å². The van der Waals surface area contributed by atoms with Crippen molar-refractivity contribution in [3.8, 4) is 11.5 Å². The number of hydrogen-bond acceptors (Lipinski definition) is 4. The van der Waals surface area contributed by atoms with E-state index in [0.717, 1.165) is 11.1 Å². The van der Waals surface area contributed by atoms with Gasteiger partial charge < -0.3 is 19.5 Å². The summed E-state index contributed by atoms with van der Waals surface area (Å²) in [5.41, 5.74) is 2.59. The lowest BCUT2D eigenvalue weighted by Gasteiger charge is -2.10. The average Bonchev–Trinajstić information content (AvgIpc) is 2.66. The molecule has 1 N–H and O–H groups in total. The first-order valence-electron chi connectivity index (χ1n) is 8.18. The number of rotatable bonds is 9. The minimum absolute atomic E-state index is 0.0659. The molecule has 27 heavy (non-hydrogen) atoms. The topological polar surface area (TPSA) is 56.8 Å². The van der Waals surface area contributed by atoms with Gasteiger partial charge >= 0.3 is 6.61 Å². The van der Waals surface area contributed by atoms with E-state index >= 15 is 0 Å². The van der Waals surface area contributed by atoms with Crippen LogP contribution in [0.4, 0.5) is 8.78 Å². The molecule has 1 amide bonds. The predicted molar refractivity (Wildman–Crippen MR) is 97.7 cm³/mol. The number of carbonyl (C=O) groups excluding carboxylic acids is 1. The molecule has 0 saturated carbocycles. The lowest BCUT2D eigenvalue weighted by atomic mass is 10.1. The fourth-order valence-corrected chi connectivity index (χ4v) is 2.42. The number of methoxy groups -OCH3 is 2. The number of halogens is 2. The van der Waals surface area contributed by atoms with Gasteiger partial charge in [0.05, 0.1) is 13.7 Å². The van der Waals surface area contributed by atoms with Crippen molar-refractivity contribution in [3.63, 3.8) is 0 Å². The summed E-state index contributed by atoms with van der Waals surface area (Å²) in [5, 5.41) is 2.80. The Hall–Kier alpha value is -2.93. The van der Waals surface area contributed by atoms with Crippen LogP contribution in [0, 0.1) is 0 Å². The van der Waals surface area contributed by atoms with Crippen molar-refractivity contribution in [2.45, 2.75) is 19.8 Å². The fraction of sp³-hybridized carbons (Fsp3) is 0.250. The van der Waals surface area contributed by atoms with Gasteiger partial charge in [0.2, 0.25) is 5.91 Å². The average molecular weight is 377 g/mol. The van der Waals surface area contributed by atoms with Crippen LogP contribution in [0.5, 0.6) is 11.5 Å². The first-order valence-corrected chi connectivity index (χ1v) is 8.18. The number of benzene rings is 2. The number of amides is 1. The maximum atomic E-state index is 12.3. The Morgan fingerprint density at radius 3 is 2.52 bits per heavy atom. The number of ether oxygens (including phenoxy) is 3. The van der Waals surface area contributed by atoms with Crippen LogP contribution in [0.25, 0.3) is 6.08 Å². The van der Waals surface area contributed by atoms with E-state index in [1.807, 2.05) is 24.3 Å². The van der Waals surface area contributed by atoms with E-state index in [4.69, 9.17) is 9.47 Å². The van der Waals surface area contributed by atoms with Crippen LogP contribution in [-0.2, 0) is 22.7 Å². The highest BCUT2D eigenvalue weighted by atomic mass is 19.3. The van der Waals surface area contributed by atoms with Gasteiger partial charge in [-0.05, 0) is 34.9 Å². The zero-order chi connectivity index (χ0) is 19.6. The van der Waals surface area contributed by atoms with E-state index in [9.17, 15) is 13.6 Å². The number of hydrogen-bond donors (Lipinski definition) is 1. The standard InChI is InChI=1S/C20H21F2NO4/c1-25-13-16-6-4-3-5-15(16)12-23-19(24)10-8-14-7-9-17(27-20(21)22)18(11-14)26-2/h3-11,20H,12-13H2,1-2H3,(H,23,24)/b10-8+. The Morgan fingerprint density at radius 2 is 1.85 bits per heavy atom. The third-order valence-electron chi connectivity index (χ3n) is 3.70. The van der Waals surface area contributed by atoms with Gasteiger partial charge in [0, 0.05) is 19.7 Å². The van der Waals surface area contributed by atoms with Crippen molar-refractivity contribution in [1.82, 2.24) is 5.32 Å². The molecule has 0 heterocycles. The minimum Gasteiger partial charge on any atom is -0.493 e. The van der Waals surface area contributed by atoms with Crippen LogP contribution in [0.2, 0.25) is 0 Å². The van der Waals surface area contributed by atoms with Crippen LogP contribution in [0.15, 0.2) is 48.5 Å². The summed E-state index contributed by atoms with van der Waals surface area (Å²) in [6.07, 6.45) is 2.92. The minimum atomic E-state index is -2.94. The normalized spacial score (nSPS) is 11.0. The third kappa shape index (κ3) is 6.38. The van der Waals surface area contributed by atoms with Crippen molar-refractivity contribution < 1.29 is 27.8 Å². The highest BCUT2D eigenvalue weighted by Gasteiger charge is 2.10. The van der Waals surface area contributed by atoms with E-state index in [0.29, 0.717) is 18.7 Å². The fourth-order valence-electron chi connectivity index (χ4n) is 2.42. The molecule has 0 saturated heterocycles. The SMILES string of the molecule is COCc1ccccc1CNC(=O)/C=C/c1ccc(OC(F)F)c(OC)c1. The predicted octanol–water partition coefficient (Wildman–Crippen LogP) is 3.77. The third-order valence-corrected chi connectivity index (χ3v) is 3.70. The molecule has 0 fully saturated rings. The second-order valence-electron chi connectivity index (χ2n) is 5.54. The Kier molecular flexibility index (Phi) is 7.76. The van der Waals surface area contributed by atoms with E-state index in [-0.39, 0.29) is 17.4 Å². The molecule has 0 aliphatic carbocycles. The molecule has 0 aliphatic rings. The molecule has 0 atom stereocenters. The van der Waals surface area contributed by atoms with Gasteiger partial charge in [0.25, 0.3) is 0 Å². The molecule has 0 unspecified atom stereocenters. The molecule has 2 aromatic rings. The number of alkyl halides is 2. The van der Waals surface area contributed by atoms with Crippen molar-refractivity contribution >= 4 is 12.0 Å². The summed E-state index contributed by atoms with van der Waals surface area (Å²) in [6, 6.07) is 12.1. The zero-order valence-corrected chi connectivity index (χ0v) is 15.1. The Morgan fingerprint density at radius 1 is 1.11 bits per heavy atom. The molecule has 144 valence electrons. The Balaban J connectivity index is 1.98. The maximum absolute atomic E-state index is 12.3. The Bertz CT molecular complexity index is 793. The van der Waals surface area contributed by atoms with Crippen molar-refractivity contribution in [1.29, 1.82) is 0 Å². The molecule has 0 aliphatic heterocycles. The highest BCUT2D eigenvalue weighted by Crippen LogP contribution is 2.29. The molecular weight excluding hydrogens is 356 g/mol. The summed E-state index contributed by atoms with van der Waals surface area (Å²) >= 11 is 0. The van der Waals surface area contributed by atoms with Gasteiger partial charge in [0.1, 0.15) is 0 Å². The van der Waals surface area contributed by atoms with Crippen molar-refractivity contribution in [3.05, 3.63) is 65.2 Å². The highest BCUT2D eigenvalue weighted by molar-refractivity contribution is 5.91. The van der Waals surface area contributed by atoms with Crippen molar-refractivity contribution in [2.75, 3.05) is 14.2 Å². The smallest absolute Gasteiger partial charge is 0.387 e.